The Morgan fingerprint density at radius 2 is 1.78 bits per heavy atom. The summed E-state index contributed by atoms with van der Waals surface area (Å²) in [6.07, 6.45) is 0.0749. The van der Waals surface area contributed by atoms with Gasteiger partial charge in [-0.05, 0) is 30.2 Å². The molecular formula is C25H29N3O4. The van der Waals surface area contributed by atoms with E-state index in [1.54, 1.807) is 0 Å². The fraction of sp³-hybridized carbons (Fsp3) is 0.440. The second-order valence-electron chi connectivity index (χ2n) is 8.80. The maximum Gasteiger partial charge on any atom is 0.258 e. The Labute approximate surface area is 188 Å². The number of anilines is 1. The molecule has 0 unspecified atom stereocenters. The van der Waals surface area contributed by atoms with Crippen LogP contribution in [0.3, 0.4) is 0 Å². The molecule has 2 amide bonds. The average Bonchev–Trinajstić information content (AvgIpc) is 3.42. The average molecular weight is 436 g/mol. The Morgan fingerprint density at radius 1 is 1.03 bits per heavy atom. The molecule has 2 fully saturated rings. The molecular weight excluding hydrogens is 406 g/mol. The topological polar surface area (TPSA) is 71.1 Å². The Balaban J connectivity index is 1.26. The number of hydrogen-bond donors (Lipinski definition) is 1. The summed E-state index contributed by atoms with van der Waals surface area (Å²) < 4.78 is 11.4. The first kappa shape index (κ1) is 21.1. The molecule has 7 heteroatoms. The highest BCUT2D eigenvalue weighted by molar-refractivity contribution is 6.07. The van der Waals surface area contributed by atoms with Gasteiger partial charge in [0.15, 0.2) is 0 Å². The van der Waals surface area contributed by atoms with Gasteiger partial charge in [-0.15, -0.1) is 0 Å². The van der Waals surface area contributed by atoms with E-state index < -0.39 is 6.10 Å². The van der Waals surface area contributed by atoms with Gasteiger partial charge >= 0.3 is 0 Å². The minimum Gasteiger partial charge on any atom is -0.379 e. The number of carbonyl (C=O) groups is 2. The summed E-state index contributed by atoms with van der Waals surface area (Å²) >= 11 is 0. The molecule has 168 valence electrons. The molecule has 3 aliphatic rings. The molecule has 2 aromatic carbocycles. The van der Waals surface area contributed by atoms with Gasteiger partial charge in [0.05, 0.1) is 19.8 Å². The highest BCUT2D eigenvalue weighted by atomic mass is 16.5. The van der Waals surface area contributed by atoms with Crippen molar-refractivity contribution in [3.8, 4) is 0 Å². The highest BCUT2D eigenvalue weighted by Crippen LogP contribution is 2.47. The zero-order valence-corrected chi connectivity index (χ0v) is 18.2. The normalized spacial score (nSPS) is 25.1. The lowest BCUT2D eigenvalue weighted by Crippen LogP contribution is -2.43. The first-order valence-corrected chi connectivity index (χ1v) is 11.3. The maximum atomic E-state index is 13.2. The molecule has 7 nitrogen and oxygen atoms in total. The van der Waals surface area contributed by atoms with Crippen LogP contribution in [0.25, 0.3) is 0 Å². The monoisotopic (exact) mass is 435 g/mol. The van der Waals surface area contributed by atoms with Crippen molar-refractivity contribution >= 4 is 17.5 Å². The minimum absolute atomic E-state index is 0.0201. The summed E-state index contributed by atoms with van der Waals surface area (Å²) in [6, 6.07) is 17.3. The van der Waals surface area contributed by atoms with Gasteiger partial charge in [0.1, 0.15) is 6.10 Å². The lowest BCUT2D eigenvalue weighted by Gasteiger charge is -2.26. The van der Waals surface area contributed by atoms with Gasteiger partial charge in [-0.3, -0.25) is 14.5 Å². The fourth-order valence-electron chi connectivity index (χ4n) is 5.02. The standard InChI is InChI=1S/C25H29N3O4/c29-23(26-10-11-27-12-14-31-15-13-27)22-16-25(18-32-22)17-28(21-9-5-4-8-20(21)25)24(30)19-6-2-1-3-7-19/h1-9,22H,10-18H2,(H,26,29)/t22-,25-/m1/s1. The van der Waals surface area contributed by atoms with Gasteiger partial charge in [-0.25, -0.2) is 0 Å². The van der Waals surface area contributed by atoms with E-state index in [9.17, 15) is 9.59 Å². The van der Waals surface area contributed by atoms with Gasteiger partial charge in [-0.2, -0.15) is 0 Å². The van der Waals surface area contributed by atoms with E-state index in [4.69, 9.17) is 9.47 Å². The first-order chi connectivity index (χ1) is 15.7. The molecule has 3 heterocycles. The van der Waals surface area contributed by atoms with E-state index in [2.05, 4.69) is 16.3 Å². The molecule has 3 aliphatic heterocycles. The summed E-state index contributed by atoms with van der Waals surface area (Å²) in [4.78, 5) is 30.2. The van der Waals surface area contributed by atoms with Crippen molar-refractivity contribution in [2.75, 3.05) is 57.4 Å². The minimum atomic E-state index is -0.500. The van der Waals surface area contributed by atoms with Crippen LogP contribution in [-0.2, 0) is 19.7 Å². The maximum absolute atomic E-state index is 13.2. The molecule has 1 spiro atoms. The second-order valence-corrected chi connectivity index (χ2v) is 8.80. The number of rotatable bonds is 5. The fourth-order valence-corrected chi connectivity index (χ4v) is 5.02. The molecule has 0 aromatic heterocycles. The number of benzene rings is 2. The van der Waals surface area contributed by atoms with Crippen LogP contribution in [0.2, 0.25) is 0 Å². The third-order valence-electron chi connectivity index (χ3n) is 6.75. The SMILES string of the molecule is O=C(NCCN1CCOCC1)[C@H]1C[C@]2(CO1)CN(C(=O)c1ccccc1)c1ccccc12. The molecule has 0 radical (unpaired) electrons. The van der Waals surface area contributed by atoms with Crippen molar-refractivity contribution in [2.45, 2.75) is 17.9 Å². The van der Waals surface area contributed by atoms with Gasteiger partial charge in [0.2, 0.25) is 5.91 Å². The lowest BCUT2D eigenvalue weighted by molar-refractivity contribution is -0.130. The Morgan fingerprint density at radius 3 is 2.59 bits per heavy atom. The Hall–Kier alpha value is -2.74. The van der Waals surface area contributed by atoms with Crippen LogP contribution in [0.1, 0.15) is 22.3 Å². The third kappa shape index (κ3) is 4.03. The van der Waals surface area contributed by atoms with Crippen LogP contribution in [0.4, 0.5) is 5.69 Å². The highest BCUT2D eigenvalue weighted by Gasteiger charge is 2.51. The van der Waals surface area contributed by atoms with E-state index >= 15 is 0 Å². The van der Waals surface area contributed by atoms with Crippen molar-refractivity contribution < 1.29 is 19.1 Å². The summed E-state index contributed by atoms with van der Waals surface area (Å²) in [5, 5.41) is 3.04. The number of fused-ring (bicyclic) bond motifs is 2. The predicted molar refractivity (Wildman–Crippen MR) is 121 cm³/mol. The molecule has 2 aromatic rings. The van der Waals surface area contributed by atoms with Crippen molar-refractivity contribution in [3.63, 3.8) is 0 Å². The summed E-state index contributed by atoms with van der Waals surface area (Å²) in [6.45, 7) is 5.68. The van der Waals surface area contributed by atoms with Crippen molar-refractivity contribution in [2.24, 2.45) is 0 Å². The second kappa shape index (κ2) is 9.02. The van der Waals surface area contributed by atoms with Crippen LogP contribution in [-0.4, -0.2) is 75.4 Å². The predicted octanol–water partition coefficient (Wildman–Crippen LogP) is 1.82. The molecule has 0 aliphatic carbocycles. The summed E-state index contributed by atoms with van der Waals surface area (Å²) in [5.41, 5.74) is 2.31. The van der Waals surface area contributed by atoms with E-state index in [1.807, 2.05) is 53.4 Å². The van der Waals surface area contributed by atoms with Crippen LogP contribution < -0.4 is 10.2 Å². The van der Waals surface area contributed by atoms with E-state index in [1.165, 1.54) is 0 Å². The third-order valence-corrected chi connectivity index (χ3v) is 6.75. The van der Waals surface area contributed by atoms with Crippen LogP contribution >= 0.6 is 0 Å². The number of nitrogens with zero attached hydrogens (tertiary/aromatic N) is 2. The number of ether oxygens (including phenoxy) is 2. The molecule has 1 N–H and O–H groups in total. The van der Waals surface area contributed by atoms with E-state index in [0.717, 1.165) is 44.1 Å². The molecule has 2 atom stereocenters. The zero-order chi connectivity index (χ0) is 22.0. The lowest BCUT2D eigenvalue weighted by atomic mass is 9.80. The summed E-state index contributed by atoms with van der Waals surface area (Å²) in [5.74, 6) is -0.0891. The van der Waals surface area contributed by atoms with Crippen molar-refractivity contribution in [1.29, 1.82) is 0 Å². The molecule has 0 saturated carbocycles. The molecule has 5 rings (SSSR count). The molecule has 2 saturated heterocycles. The largest absolute Gasteiger partial charge is 0.379 e. The van der Waals surface area contributed by atoms with Gasteiger partial charge < -0.3 is 19.7 Å². The number of nitrogens with one attached hydrogen (secondary N) is 1. The first-order valence-electron chi connectivity index (χ1n) is 11.3. The van der Waals surface area contributed by atoms with E-state index in [0.29, 0.717) is 31.7 Å². The van der Waals surface area contributed by atoms with Gasteiger partial charge in [0.25, 0.3) is 5.91 Å². The van der Waals surface area contributed by atoms with Gasteiger partial charge in [0, 0.05) is 49.4 Å². The number of carbonyl (C=O) groups excluding carboxylic acids is 2. The number of hydrogen-bond acceptors (Lipinski definition) is 5. The summed E-state index contributed by atoms with van der Waals surface area (Å²) in [7, 11) is 0. The molecule has 32 heavy (non-hydrogen) atoms. The number of para-hydroxylation sites is 1. The van der Waals surface area contributed by atoms with Gasteiger partial charge in [-0.1, -0.05) is 36.4 Å². The number of morpholine rings is 1. The smallest absolute Gasteiger partial charge is 0.258 e. The van der Waals surface area contributed by atoms with Crippen molar-refractivity contribution in [1.82, 2.24) is 10.2 Å². The van der Waals surface area contributed by atoms with Crippen LogP contribution in [0, 0.1) is 0 Å². The Bertz CT molecular complexity index is 976. The molecule has 0 bridgehead atoms. The van der Waals surface area contributed by atoms with Crippen LogP contribution in [0.5, 0.6) is 0 Å². The van der Waals surface area contributed by atoms with Crippen molar-refractivity contribution in [3.05, 3.63) is 65.7 Å². The van der Waals surface area contributed by atoms with Crippen LogP contribution in [0.15, 0.2) is 54.6 Å². The zero-order valence-electron chi connectivity index (χ0n) is 18.2. The van der Waals surface area contributed by atoms with E-state index in [-0.39, 0.29) is 17.2 Å². The number of amides is 2. The quantitative estimate of drug-likeness (QED) is 0.776. The Kier molecular flexibility index (Phi) is 5.95.